The van der Waals surface area contributed by atoms with Crippen LogP contribution in [0, 0.1) is 0 Å². The summed E-state index contributed by atoms with van der Waals surface area (Å²) in [5.41, 5.74) is 2.33. The van der Waals surface area contributed by atoms with E-state index in [2.05, 4.69) is 0 Å². The Morgan fingerprint density at radius 1 is 0.906 bits per heavy atom. The van der Waals surface area contributed by atoms with Gasteiger partial charge >= 0.3 is 11.9 Å². The number of carbonyl (C=O) groups excluding carboxylic acids is 2. The molecule has 0 aliphatic heterocycles. The highest BCUT2D eigenvalue weighted by molar-refractivity contribution is 5.71. The lowest BCUT2D eigenvalue weighted by Gasteiger charge is -2.20. The van der Waals surface area contributed by atoms with Crippen molar-refractivity contribution >= 4 is 11.9 Å². The van der Waals surface area contributed by atoms with E-state index in [0.29, 0.717) is 18.4 Å². The molecule has 6 heteroatoms. The highest BCUT2D eigenvalue weighted by Crippen LogP contribution is 2.33. The number of rotatable bonds is 11. The van der Waals surface area contributed by atoms with Crippen molar-refractivity contribution in [3.63, 3.8) is 0 Å². The molecule has 0 saturated heterocycles. The maximum absolute atomic E-state index is 12.4. The Balaban J connectivity index is 2.03. The van der Waals surface area contributed by atoms with E-state index in [1.54, 1.807) is 42.5 Å². The fourth-order valence-corrected chi connectivity index (χ4v) is 3.35. The average molecular weight is 443 g/mol. The van der Waals surface area contributed by atoms with Gasteiger partial charge in [0.15, 0.2) is 0 Å². The summed E-state index contributed by atoms with van der Waals surface area (Å²) in [5.74, 6) is -0.482. The van der Waals surface area contributed by atoms with Crippen molar-refractivity contribution in [2.75, 3.05) is 0 Å². The Bertz CT molecular complexity index is 890. The molecule has 2 N–H and O–H groups in total. The number of phenols is 2. The van der Waals surface area contributed by atoms with Gasteiger partial charge in [0.25, 0.3) is 0 Å². The van der Waals surface area contributed by atoms with Gasteiger partial charge in [0.05, 0.1) is 12.5 Å². The zero-order valence-corrected chi connectivity index (χ0v) is 19.3. The maximum Gasteiger partial charge on any atom is 0.306 e. The van der Waals surface area contributed by atoms with Gasteiger partial charge in [-0.15, -0.1) is 0 Å². The van der Waals surface area contributed by atoms with Crippen LogP contribution < -0.4 is 0 Å². The second-order valence-corrected chi connectivity index (χ2v) is 8.19. The van der Waals surface area contributed by atoms with E-state index < -0.39 is 6.10 Å². The largest absolute Gasteiger partial charge is 0.508 e. The number of hydrogen-bond acceptors (Lipinski definition) is 6. The molecule has 32 heavy (non-hydrogen) atoms. The predicted molar refractivity (Wildman–Crippen MR) is 123 cm³/mol. The average Bonchev–Trinajstić information content (AvgIpc) is 2.77. The van der Waals surface area contributed by atoms with E-state index in [9.17, 15) is 19.8 Å². The summed E-state index contributed by atoms with van der Waals surface area (Å²) in [6.07, 6.45) is 1.50. The van der Waals surface area contributed by atoms with E-state index in [1.807, 2.05) is 27.7 Å². The van der Waals surface area contributed by atoms with Crippen molar-refractivity contribution in [1.29, 1.82) is 0 Å². The summed E-state index contributed by atoms with van der Waals surface area (Å²) >= 11 is 0. The van der Waals surface area contributed by atoms with Crippen molar-refractivity contribution in [2.45, 2.75) is 77.9 Å². The van der Waals surface area contributed by atoms with E-state index in [4.69, 9.17) is 9.47 Å². The topological polar surface area (TPSA) is 93.1 Å². The van der Waals surface area contributed by atoms with Crippen LogP contribution in [0.4, 0.5) is 0 Å². The van der Waals surface area contributed by atoms with Crippen LogP contribution in [0.3, 0.4) is 0 Å². The Labute approximate surface area is 190 Å². The van der Waals surface area contributed by atoms with Crippen LogP contribution in [0.15, 0.2) is 42.5 Å². The minimum absolute atomic E-state index is 0.0568. The number of esters is 2. The van der Waals surface area contributed by atoms with Crippen LogP contribution in [0.2, 0.25) is 0 Å². The minimum Gasteiger partial charge on any atom is -0.508 e. The summed E-state index contributed by atoms with van der Waals surface area (Å²) in [6, 6.07) is 11.9. The van der Waals surface area contributed by atoms with Crippen LogP contribution in [0.25, 0.3) is 0 Å². The molecule has 2 aromatic carbocycles. The smallest absolute Gasteiger partial charge is 0.306 e. The number of aryl methyl sites for hydroxylation is 1. The van der Waals surface area contributed by atoms with Crippen molar-refractivity contribution < 1.29 is 29.3 Å². The van der Waals surface area contributed by atoms with Gasteiger partial charge in [-0.3, -0.25) is 9.59 Å². The normalized spacial score (nSPS) is 13.8. The zero-order chi connectivity index (χ0) is 23.7. The van der Waals surface area contributed by atoms with E-state index in [0.717, 1.165) is 17.5 Å². The molecular formula is C26H34O6. The highest BCUT2D eigenvalue weighted by atomic mass is 16.5. The molecule has 6 nitrogen and oxygen atoms in total. The lowest BCUT2D eigenvalue weighted by atomic mass is 9.93. The van der Waals surface area contributed by atoms with Crippen molar-refractivity contribution in [2.24, 2.45) is 0 Å². The quantitative estimate of drug-likeness (QED) is 0.443. The van der Waals surface area contributed by atoms with Gasteiger partial charge in [-0.1, -0.05) is 39.0 Å². The first kappa shape index (κ1) is 25.2. The molecule has 0 aromatic heterocycles. The van der Waals surface area contributed by atoms with E-state index >= 15 is 0 Å². The first-order chi connectivity index (χ1) is 15.2. The van der Waals surface area contributed by atoms with Gasteiger partial charge in [-0.05, 0) is 67.5 Å². The summed E-state index contributed by atoms with van der Waals surface area (Å²) < 4.78 is 11.0. The lowest BCUT2D eigenvalue weighted by Crippen LogP contribution is -2.16. The van der Waals surface area contributed by atoms with Crippen LogP contribution >= 0.6 is 0 Å². The number of carbonyl (C=O) groups is 2. The third-order valence-electron chi connectivity index (χ3n) is 5.55. The molecule has 0 aliphatic carbocycles. The van der Waals surface area contributed by atoms with Crippen LogP contribution in [-0.2, 0) is 25.5 Å². The van der Waals surface area contributed by atoms with E-state index in [1.165, 1.54) is 0 Å². The summed E-state index contributed by atoms with van der Waals surface area (Å²) in [4.78, 5) is 24.6. The molecular weight excluding hydrogens is 408 g/mol. The molecule has 2 rings (SSSR count). The third-order valence-corrected chi connectivity index (χ3v) is 5.55. The molecule has 0 aliphatic rings. The van der Waals surface area contributed by atoms with E-state index in [-0.39, 0.29) is 48.3 Å². The van der Waals surface area contributed by atoms with Crippen molar-refractivity contribution in [3.05, 3.63) is 59.2 Å². The zero-order valence-electron chi connectivity index (χ0n) is 19.3. The monoisotopic (exact) mass is 442 g/mol. The van der Waals surface area contributed by atoms with Gasteiger partial charge in [0.1, 0.15) is 17.6 Å². The highest BCUT2D eigenvalue weighted by Gasteiger charge is 2.21. The summed E-state index contributed by atoms with van der Waals surface area (Å²) in [5, 5.41) is 19.7. The Kier molecular flexibility index (Phi) is 9.57. The van der Waals surface area contributed by atoms with Crippen molar-refractivity contribution in [3.8, 4) is 11.5 Å². The number of aromatic hydroxyl groups is 2. The first-order valence-corrected chi connectivity index (χ1v) is 11.2. The van der Waals surface area contributed by atoms with Gasteiger partial charge in [0, 0.05) is 12.0 Å². The van der Waals surface area contributed by atoms with Crippen LogP contribution in [0.5, 0.6) is 11.5 Å². The summed E-state index contributed by atoms with van der Waals surface area (Å²) in [6.45, 7) is 7.64. The second-order valence-electron chi connectivity index (χ2n) is 8.19. The Morgan fingerprint density at radius 3 is 2.22 bits per heavy atom. The Hall–Kier alpha value is -3.02. The molecule has 174 valence electrons. The lowest BCUT2D eigenvalue weighted by molar-refractivity contribution is -0.150. The standard InChI is InChI=1S/C26H34O6/c1-5-18(4)31-26(30)15-17(3)20-10-13-23(28)22(16-20)24(6-2)32-25(29)14-9-19-7-11-21(27)12-8-19/h7-8,10-13,16-18,24,27-28H,5-6,9,14-15H2,1-4H3. The van der Waals surface area contributed by atoms with Crippen LogP contribution in [0.1, 0.15) is 82.1 Å². The van der Waals surface area contributed by atoms with Crippen LogP contribution in [-0.4, -0.2) is 28.3 Å². The van der Waals surface area contributed by atoms with Gasteiger partial charge < -0.3 is 19.7 Å². The fourth-order valence-electron chi connectivity index (χ4n) is 3.35. The van der Waals surface area contributed by atoms with Crippen molar-refractivity contribution in [1.82, 2.24) is 0 Å². The molecule has 3 unspecified atom stereocenters. The number of benzene rings is 2. The molecule has 0 spiro atoms. The number of hydrogen-bond donors (Lipinski definition) is 2. The maximum atomic E-state index is 12.4. The van der Waals surface area contributed by atoms with Gasteiger partial charge in [-0.25, -0.2) is 0 Å². The SMILES string of the molecule is CCC(C)OC(=O)CC(C)c1ccc(O)c(C(CC)OC(=O)CCc2ccc(O)cc2)c1. The molecule has 0 heterocycles. The number of phenolic OH excluding ortho intramolecular Hbond substituents is 2. The molecule has 3 atom stereocenters. The number of ether oxygens (including phenoxy) is 2. The third kappa shape index (κ3) is 7.59. The van der Waals surface area contributed by atoms with Gasteiger partial charge in [0.2, 0.25) is 0 Å². The molecule has 2 aromatic rings. The fraction of sp³-hybridized carbons (Fsp3) is 0.462. The molecule has 0 bridgehead atoms. The first-order valence-electron chi connectivity index (χ1n) is 11.2. The Morgan fingerprint density at radius 2 is 1.59 bits per heavy atom. The second kappa shape index (κ2) is 12.1. The predicted octanol–water partition coefficient (Wildman–Crippen LogP) is 5.56. The molecule has 0 saturated carbocycles. The van der Waals surface area contributed by atoms with Gasteiger partial charge in [-0.2, -0.15) is 0 Å². The molecule has 0 amide bonds. The molecule has 0 fully saturated rings. The minimum atomic E-state index is -0.582. The summed E-state index contributed by atoms with van der Waals surface area (Å²) in [7, 11) is 0. The molecule has 0 radical (unpaired) electrons.